The van der Waals surface area contributed by atoms with Crippen LogP contribution < -0.4 is 10.0 Å². The molecule has 0 spiro atoms. The predicted octanol–water partition coefficient (Wildman–Crippen LogP) is 3.46. The van der Waals surface area contributed by atoms with E-state index in [9.17, 15) is 26.4 Å². The first-order valence-corrected chi connectivity index (χ1v) is 8.14. The van der Waals surface area contributed by atoms with E-state index in [4.69, 9.17) is 0 Å². The Hall–Kier alpha value is -2.55. The SMILES string of the molecule is CC(=O)Nc1cccc(S(=O)(=O)Nc2cccc(C(F)(F)F)c2)c1. The molecule has 2 N–H and O–H groups in total. The zero-order valence-electron chi connectivity index (χ0n) is 12.4. The molecule has 2 aromatic carbocycles. The van der Waals surface area contributed by atoms with Gasteiger partial charge in [-0.05, 0) is 36.4 Å². The first-order valence-electron chi connectivity index (χ1n) is 6.66. The first kappa shape index (κ1) is 17.8. The molecule has 2 rings (SSSR count). The minimum Gasteiger partial charge on any atom is -0.326 e. The summed E-state index contributed by atoms with van der Waals surface area (Å²) < 4.78 is 64.7. The smallest absolute Gasteiger partial charge is 0.326 e. The maximum absolute atomic E-state index is 12.7. The summed E-state index contributed by atoms with van der Waals surface area (Å²) in [5.74, 6) is -0.379. The fourth-order valence-electron chi connectivity index (χ4n) is 1.92. The standard InChI is InChI=1S/C15H13F3N2O3S/c1-10(21)19-12-5-3-7-14(9-12)24(22,23)20-13-6-2-4-11(8-13)15(16,17)18/h2-9,20H,1H3,(H,19,21). The molecule has 0 radical (unpaired) electrons. The molecule has 0 saturated carbocycles. The van der Waals surface area contributed by atoms with Gasteiger partial charge in [0.05, 0.1) is 10.5 Å². The van der Waals surface area contributed by atoms with Gasteiger partial charge < -0.3 is 5.32 Å². The van der Waals surface area contributed by atoms with Crippen LogP contribution in [0, 0.1) is 0 Å². The highest BCUT2D eigenvalue weighted by Crippen LogP contribution is 2.31. The molecule has 0 unspecified atom stereocenters. The second-order valence-corrected chi connectivity index (χ2v) is 6.58. The van der Waals surface area contributed by atoms with Crippen LogP contribution in [0.3, 0.4) is 0 Å². The lowest BCUT2D eigenvalue weighted by molar-refractivity contribution is -0.137. The molecule has 0 heterocycles. The van der Waals surface area contributed by atoms with Crippen LogP contribution in [-0.2, 0) is 21.0 Å². The Labute approximate surface area is 136 Å². The van der Waals surface area contributed by atoms with Gasteiger partial charge in [-0.3, -0.25) is 9.52 Å². The topological polar surface area (TPSA) is 75.3 Å². The van der Waals surface area contributed by atoms with Gasteiger partial charge in [-0.25, -0.2) is 8.42 Å². The third kappa shape index (κ3) is 4.48. The van der Waals surface area contributed by atoms with Gasteiger partial charge in [-0.2, -0.15) is 13.2 Å². The molecule has 2 aromatic rings. The van der Waals surface area contributed by atoms with E-state index in [0.29, 0.717) is 6.07 Å². The highest BCUT2D eigenvalue weighted by molar-refractivity contribution is 7.92. The molecule has 5 nitrogen and oxygen atoms in total. The van der Waals surface area contributed by atoms with E-state index < -0.39 is 21.8 Å². The number of nitrogens with one attached hydrogen (secondary N) is 2. The van der Waals surface area contributed by atoms with Gasteiger partial charge >= 0.3 is 6.18 Å². The van der Waals surface area contributed by atoms with Crippen LogP contribution in [0.2, 0.25) is 0 Å². The number of amides is 1. The number of anilines is 2. The first-order chi connectivity index (χ1) is 11.1. The van der Waals surface area contributed by atoms with Crippen LogP contribution in [0.15, 0.2) is 53.4 Å². The van der Waals surface area contributed by atoms with Gasteiger partial charge in [-0.1, -0.05) is 12.1 Å². The number of rotatable bonds is 4. The van der Waals surface area contributed by atoms with Crippen LogP contribution in [0.5, 0.6) is 0 Å². The van der Waals surface area contributed by atoms with Crippen molar-refractivity contribution in [1.82, 2.24) is 0 Å². The Balaban J connectivity index is 2.30. The summed E-state index contributed by atoms with van der Waals surface area (Å²) in [7, 11) is -4.10. The number of alkyl halides is 3. The average molecular weight is 358 g/mol. The summed E-state index contributed by atoms with van der Waals surface area (Å²) in [6, 6.07) is 9.23. The summed E-state index contributed by atoms with van der Waals surface area (Å²) in [5.41, 5.74) is -0.918. The summed E-state index contributed by atoms with van der Waals surface area (Å²) in [4.78, 5) is 10.8. The molecule has 0 aliphatic carbocycles. The largest absolute Gasteiger partial charge is 0.416 e. The van der Waals surface area contributed by atoms with Crippen molar-refractivity contribution in [2.24, 2.45) is 0 Å². The van der Waals surface area contributed by atoms with Crippen LogP contribution in [0.25, 0.3) is 0 Å². The Kier molecular flexibility index (Phi) is 4.83. The third-order valence-corrected chi connectivity index (χ3v) is 4.29. The highest BCUT2D eigenvalue weighted by Gasteiger charge is 2.30. The number of benzene rings is 2. The predicted molar refractivity (Wildman–Crippen MR) is 83.0 cm³/mol. The molecule has 128 valence electrons. The number of carbonyl (C=O) groups excluding carboxylic acids is 1. The van der Waals surface area contributed by atoms with Crippen LogP contribution >= 0.6 is 0 Å². The second-order valence-electron chi connectivity index (χ2n) is 4.89. The van der Waals surface area contributed by atoms with E-state index in [1.165, 1.54) is 37.3 Å². The normalized spacial score (nSPS) is 11.8. The van der Waals surface area contributed by atoms with Crippen LogP contribution in [-0.4, -0.2) is 14.3 Å². The fraction of sp³-hybridized carbons (Fsp3) is 0.133. The van der Waals surface area contributed by atoms with E-state index in [-0.39, 0.29) is 22.2 Å². The van der Waals surface area contributed by atoms with Crippen molar-refractivity contribution in [1.29, 1.82) is 0 Å². The van der Waals surface area contributed by atoms with E-state index in [1.54, 1.807) is 0 Å². The highest BCUT2D eigenvalue weighted by atomic mass is 32.2. The second kappa shape index (κ2) is 6.52. The van der Waals surface area contributed by atoms with Crippen molar-refractivity contribution in [2.75, 3.05) is 10.0 Å². The van der Waals surface area contributed by atoms with Crippen molar-refractivity contribution in [3.8, 4) is 0 Å². The Morgan fingerprint density at radius 2 is 1.62 bits per heavy atom. The number of halogens is 3. The van der Waals surface area contributed by atoms with E-state index in [1.807, 2.05) is 0 Å². The van der Waals surface area contributed by atoms with Crippen molar-refractivity contribution in [2.45, 2.75) is 18.0 Å². The summed E-state index contributed by atoms with van der Waals surface area (Å²) >= 11 is 0. The third-order valence-electron chi connectivity index (χ3n) is 2.91. The lowest BCUT2D eigenvalue weighted by Crippen LogP contribution is -2.14. The van der Waals surface area contributed by atoms with Crippen molar-refractivity contribution in [3.05, 3.63) is 54.1 Å². The molecule has 9 heteroatoms. The van der Waals surface area contributed by atoms with Crippen molar-refractivity contribution in [3.63, 3.8) is 0 Å². The number of carbonyl (C=O) groups is 1. The quantitative estimate of drug-likeness (QED) is 0.879. The molecule has 0 aromatic heterocycles. The number of hydrogen-bond acceptors (Lipinski definition) is 3. The minimum atomic E-state index is -4.58. The molecule has 0 aliphatic heterocycles. The fourth-order valence-corrected chi connectivity index (χ4v) is 3.01. The monoisotopic (exact) mass is 358 g/mol. The molecular weight excluding hydrogens is 345 g/mol. The number of hydrogen-bond donors (Lipinski definition) is 2. The van der Waals surface area contributed by atoms with E-state index >= 15 is 0 Å². The zero-order chi connectivity index (χ0) is 18.0. The maximum atomic E-state index is 12.7. The van der Waals surface area contributed by atoms with E-state index in [0.717, 1.165) is 12.1 Å². The van der Waals surface area contributed by atoms with E-state index in [2.05, 4.69) is 10.0 Å². The van der Waals surface area contributed by atoms with Crippen LogP contribution in [0.1, 0.15) is 12.5 Å². The number of sulfonamides is 1. The van der Waals surface area contributed by atoms with Crippen molar-refractivity contribution < 1.29 is 26.4 Å². The molecule has 0 bridgehead atoms. The molecule has 0 fully saturated rings. The Morgan fingerprint density at radius 3 is 2.25 bits per heavy atom. The molecule has 1 amide bonds. The molecule has 0 atom stereocenters. The maximum Gasteiger partial charge on any atom is 0.416 e. The van der Waals surface area contributed by atoms with Gasteiger partial charge in [0.1, 0.15) is 0 Å². The van der Waals surface area contributed by atoms with Gasteiger partial charge in [0.25, 0.3) is 10.0 Å². The average Bonchev–Trinajstić information content (AvgIpc) is 2.46. The summed E-state index contributed by atoms with van der Waals surface area (Å²) in [5, 5.41) is 2.43. The molecule has 0 saturated heterocycles. The molecule has 24 heavy (non-hydrogen) atoms. The van der Waals surface area contributed by atoms with Gasteiger partial charge in [0.2, 0.25) is 5.91 Å². The Morgan fingerprint density at radius 1 is 1.00 bits per heavy atom. The van der Waals surface area contributed by atoms with Gasteiger partial charge in [0.15, 0.2) is 0 Å². The van der Waals surface area contributed by atoms with Gasteiger partial charge in [0, 0.05) is 18.3 Å². The molecular formula is C15H13F3N2O3S. The minimum absolute atomic E-state index is 0.189. The summed E-state index contributed by atoms with van der Waals surface area (Å²) in [6.45, 7) is 1.27. The zero-order valence-corrected chi connectivity index (χ0v) is 13.2. The lowest BCUT2D eigenvalue weighted by Gasteiger charge is -2.12. The lowest BCUT2D eigenvalue weighted by atomic mass is 10.2. The van der Waals surface area contributed by atoms with Crippen LogP contribution in [0.4, 0.5) is 24.5 Å². The Bertz CT molecular complexity index is 864. The molecule has 0 aliphatic rings. The summed E-state index contributed by atoms with van der Waals surface area (Å²) in [6.07, 6.45) is -4.58. The van der Waals surface area contributed by atoms with Gasteiger partial charge in [-0.15, -0.1) is 0 Å². The van der Waals surface area contributed by atoms with Crippen molar-refractivity contribution >= 4 is 27.3 Å².